The predicted molar refractivity (Wildman–Crippen MR) is 121 cm³/mol. The molecule has 7 heteroatoms. The monoisotopic (exact) mass is 579 g/mol. The van der Waals surface area contributed by atoms with Crippen LogP contribution in [0.5, 0.6) is 0 Å². The molecule has 5 nitrogen and oxygen atoms in total. The molecule has 0 bridgehead atoms. The van der Waals surface area contributed by atoms with E-state index in [1.54, 1.807) is 17.1 Å². The molecule has 0 fully saturated rings. The van der Waals surface area contributed by atoms with Crippen LogP contribution in [0, 0.1) is 13.0 Å². The van der Waals surface area contributed by atoms with Crippen LogP contribution in [-0.4, -0.2) is 31.3 Å². The summed E-state index contributed by atoms with van der Waals surface area (Å²) in [6.45, 7) is 7.03. The second-order valence-electron chi connectivity index (χ2n) is 6.63. The van der Waals surface area contributed by atoms with Crippen LogP contribution < -0.4 is 0 Å². The summed E-state index contributed by atoms with van der Waals surface area (Å²) in [5, 5.41) is 8.01. The molecule has 0 N–H and O–H groups in total. The first-order chi connectivity index (χ1) is 14.1. The normalized spacial score (nSPS) is 9.33. The fourth-order valence-electron chi connectivity index (χ4n) is 2.69. The van der Waals surface area contributed by atoms with Crippen LogP contribution in [0.2, 0.25) is 12.6 Å². The molecule has 0 saturated heterocycles. The molecule has 0 saturated carbocycles. The Morgan fingerprint density at radius 1 is 0.900 bits per heavy atom. The molecule has 3 aromatic heterocycles. The fourth-order valence-corrected chi connectivity index (χ4v) is 2.69. The molecular weight excluding hydrogens is 549 g/mol. The number of pyridine rings is 1. The molecule has 4 aromatic rings. The molecule has 30 heavy (non-hydrogen) atoms. The Labute approximate surface area is 194 Å². The summed E-state index contributed by atoms with van der Waals surface area (Å²) in [4.78, 5) is 4.25. The van der Waals surface area contributed by atoms with Crippen LogP contribution in [0.15, 0.2) is 79.5 Å². The van der Waals surface area contributed by atoms with E-state index in [1.165, 1.54) is 5.56 Å². The number of hydrogen-bond donors (Lipinski definition) is 0. The molecule has 0 aliphatic carbocycles. The van der Waals surface area contributed by atoms with Crippen LogP contribution in [0.1, 0.15) is 19.4 Å². The third kappa shape index (κ3) is 8.89. The molecule has 0 aliphatic rings. The summed E-state index contributed by atoms with van der Waals surface area (Å²) in [5.41, 5.74) is 3.24. The number of rotatable bonds is 4. The fraction of sp³-hybridized carbons (Fsp3) is 0.261. The average molecular weight is 579 g/mol. The number of benzene rings is 1. The van der Waals surface area contributed by atoms with Gasteiger partial charge in [0.1, 0.15) is 0 Å². The Morgan fingerprint density at radius 2 is 1.63 bits per heavy atom. The van der Waals surface area contributed by atoms with E-state index in [9.17, 15) is 0 Å². The van der Waals surface area contributed by atoms with Crippen LogP contribution >= 0.6 is 0 Å². The van der Waals surface area contributed by atoms with Crippen molar-refractivity contribution in [2.75, 3.05) is 0 Å². The molecule has 4 rings (SSSR count). The smallest absolute Gasteiger partial charge is 0.283 e. The number of nitrogens with zero attached hydrogens (tertiary/aromatic N) is 5. The van der Waals surface area contributed by atoms with Crippen LogP contribution in [0.4, 0.5) is 0 Å². The molecule has 1 aromatic carbocycles. The van der Waals surface area contributed by atoms with E-state index in [1.807, 2.05) is 72.7 Å². The second-order valence-corrected chi connectivity index (χ2v) is 6.63. The van der Waals surface area contributed by atoms with Crippen molar-refractivity contribution < 1.29 is 20.1 Å². The molecule has 1 radical (unpaired) electrons. The van der Waals surface area contributed by atoms with Crippen molar-refractivity contribution in [2.45, 2.75) is 33.4 Å². The minimum Gasteiger partial charge on any atom is -0.318 e. The van der Waals surface area contributed by atoms with E-state index in [0.29, 0.717) is 6.85 Å². The van der Waals surface area contributed by atoms with E-state index >= 15 is 0 Å². The SMILES string of the molecule is CCB(CC)n1cccn1.Cc1c[c-]c(-c2ccccn2)cc1.Cn1cccn1.[Ir]. The van der Waals surface area contributed by atoms with Crippen LogP contribution in [0.3, 0.4) is 0 Å². The first kappa shape index (κ1) is 25.5. The van der Waals surface area contributed by atoms with Crippen LogP contribution in [-0.2, 0) is 27.2 Å². The quantitative estimate of drug-likeness (QED) is 0.252. The van der Waals surface area contributed by atoms with Crippen molar-refractivity contribution in [2.24, 2.45) is 7.05 Å². The minimum atomic E-state index is 0. The van der Waals surface area contributed by atoms with Crippen molar-refractivity contribution in [3.63, 3.8) is 0 Å². The summed E-state index contributed by atoms with van der Waals surface area (Å²) >= 11 is 0. The Balaban J connectivity index is 0.000000236. The molecular formula is C23H29BIrN5-. The van der Waals surface area contributed by atoms with Gasteiger partial charge in [-0.25, -0.2) is 0 Å². The van der Waals surface area contributed by atoms with E-state index in [0.717, 1.165) is 23.9 Å². The topological polar surface area (TPSA) is 48.5 Å². The van der Waals surface area contributed by atoms with Crippen molar-refractivity contribution in [3.05, 3.63) is 91.1 Å². The van der Waals surface area contributed by atoms with E-state index in [4.69, 9.17) is 0 Å². The standard InChI is InChI=1S/C12H10N.C7H13BN2.C4H6N2.Ir/c1-10-5-7-11(8-6-10)12-4-2-3-9-13-12;1-3-8(4-2)10-7-5-6-9-10;1-6-4-2-3-5-6;/h2-7,9H,1H3;5-7H,3-4H2,1-2H3;2-4H,1H3;/q-1;;;. The van der Waals surface area contributed by atoms with Gasteiger partial charge in [-0.3, -0.25) is 4.68 Å². The Hall–Kier alpha value is -2.50. The Bertz CT molecular complexity index is 891. The zero-order chi connectivity index (χ0) is 20.9. The van der Waals surface area contributed by atoms with Gasteiger partial charge >= 0.3 is 0 Å². The summed E-state index contributed by atoms with van der Waals surface area (Å²) < 4.78 is 3.78. The van der Waals surface area contributed by atoms with Gasteiger partial charge in [-0.05, 0) is 23.9 Å². The molecule has 159 valence electrons. The van der Waals surface area contributed by atoms with Gasteiger partial charge in [-0.1, -0.05) is 45.5 Å². The predicted octanol–water partition coefficient (Wildman–Crippen LogP) is 5.04. The maximum Gasteiger partial charge on any atom is 0.283 e. The van der Waals surface area contributed by atoms with Gasteiger partial charge in [-0.15, -0.1) is 35.4 Å². The molecule has 0 unspecified atom stereocenters. The van der Waals surface area contributed by atoms with Gasteiger partial charge in [0.25, 0.3) is 6.85 Å². The minimum absolute atomic E-state index is 0. The zero-order valence-corrected chi connectivity index (χ0v) is 20.5. The molecule has 3 heterocycles. The van der Waals surface area contributed by atoms with Gasteiger partial charge < -0.3 is 9.58 Å². The van der Waals surface area contributed by atoms with E-state index < -0.39 is 0 Å². The van der Waals surface area contributed by atoms with Gasteiger partial charge in [0.05, 0.1) is 0 Å². The first-order valence-corrected chi connectivity index (χ1v) is 9.96. The summed E-state index contributed by atoms with van der Waals surface area (Å²) in [7, 11) is 1.89. The Morgan fingerprint density at radius 3 is 2.07 bits per heavy atom. The van der Waals surface area contributed by atoms with Crippen molar-refractivity contribution in [3.8, 4) is 11.3 Å². The summed E-state index contributed by atoms with van der Waals surface area (Å²) in [6, 6.07) is 19.0. The summed E-state index contributed by atoms with van der Waals surface area (Å²) in [6.07, 6.45) is 11.6. The third-order valence-corrected chi connectivity index (χ3v) is 4.39. The largest absolute Gasteiger partial charge is 0.318 e. The number of aromatic nitrogens is 5. The van der Waals surface area contributed by atoms with E-state index in [-0.39, 0.29) is 20.1 Å². The van der Waals surface area contributed by atoms with Gasteiger partial charge in [0.2, 0.25) is 0 Å². The van der Waals surface area contributed by atoms with Crippen molar-refractivity contribution in [1.82, 2.24) is 24.5 Å². The molecule has 0 amide bonds. The molecule has 0 spiro atoms. The molecule has 0 aliphatic heterocycles. The zero-order valence-electron chi connectivity index (χ0n) is 18.1. The van der Waals surface area contributed by atoms with Gasteiger partial charge in [0.15, 0.2) is 0 Å². The van der Waals surface area contributed by atoms with Crippen molar-refractivity contribution in [1.29, 1.82) is 0 Å². The van der Waals surface area contributed by atoms with Gasteiger partial charge in [0, 0.05) is 58.1 Å². The maximum atomic E-state index is 4.25. The summed E-state index contributed by atoms with van der Waals surface area (Å²) in [5.74, 6) is 0. The number of aryl methyl sites for hydroxylation is 2. The molecule has 0 atom stereocenters. The van der Waals surface area contributed by atoms with E-state index in [2.05, 4.69) is 48.1 Å². The maximum absolute atomic E-state index is 4.25. The third-order valence-electron chi connectivity index (χ3n) is 4.39. The average Bonchev–Trinajstić information content (AvgIpc) is 3.46. The van der Waals surface area contributed by atoms with Crippen molar-refractivity contribution >= 4 is 6.85 Å². The van der Waals surface area contributed by atoms with Crippen LogP contribution in [0.25, 0.3) is 11.3 Å². The second kappa shape index (κ2) is 14.5. The number of hydrogen-bond acceptors (Lipinski definition) is 3. The Kier molecular flexibility index (Phi) is 12.3. The first-order valence-electron chi connectivity index (χ1n) is 9.96. The van der Waals surface area contributed by atoms with Gasteiger partial charge in [-0.2, -0.15) is 10.2 Å².